The highest BCUT2D eigenvalue weighted by atomic mass is 32.1. The van der Waals surface area contributed by atoms with E-state index in [2.05, 4.69) is 15.6 Å². The highest BCUT2D eigenvalue weighted by molar-refractivity contribution is 7.80. The summed E-state index contributed by atoms with van der Waals surface area (Å²) in [5, 5.41) is 9.75. The largest absolute Gasteiger partial charge is 0.363 e. The molecule has 0 aromatic carbocycles. The van der Waals surface area contributed by atoms with Crippen LogP contribution in [-0.4, -0.2) is 16.6 Å². The maximum absolute atomic E-state index is 4.98. The van der Waals surface area contributed by atoms with Crippen LogP contribution in [0.1, 0.15) is 11.9 Å². The minimum Gasteiger partial charge on any atom is -0.363 e. The van der Waals surface area contributed by atoms with Crippen LogP contribution < -0.4 is 10.6 Å². The first-order valence-electron chi connectivity index (χ1n) is 3.73. The molecule has 0 saturated carbocycles. The van der Waals surface area contributed by atoms with E-state index in [-0.39, 0.29) is 0 Å². The molecule has 3 nitrogen and oxygen atoms in total. The first kappa shape index (κ1) is 9.41. The molecule has 12 heavy (non-hydrogen) atoms. The summed E-state index contributed by atoms with van der Waals surface area (Å²) in [4.78, 5) is 4.12. The fourth-order valence-electron chi connectivity index (χ4n) is 0.719. The molecule has 1 aromatic heterocycles. The van der Waals surface area contributed by atoms with Gasteiger partial charge in [0, 0.05) is 18.1 Å². The lowest BCUT2D eigenvalue weighted by atomic mass is 10.6. The zero-order valence-electron chi connectivity index (χ0n) is 6.83. The quantitative estimate of drug-likeness (QED) is 0.719. The maximum atomic E-state index is 4.98. The van der Waals surface area contributed by atoms with E-state index in [1.165, 1.54) is 0 Å². The third-order valence-corrected chi connectivity index (χ3v) is 2.29. The van der Waals surface area contributed by atoms with E-state index < -0.39 is 0 Å². The molecule has 0 atom stereocenters. The Kier molecular flexibility index (Phi) is 3.96. The average Bonchev–Trinajstić information content (AvgIpc) is 2.53. The Hall–Kier alpha value is -0.680. The molecule has 2 N–H and O–H groups in total. The molecular formula is C7H11N3S2. The number of hydrogen-bond donors (Lipinski definition) is 2. The van der Waals surface area contributed by atoms with Crippen molar-refractivity contribution in [3.8, 4) is 0 Å². The highest BCUT2D eigenvalue weighted by Gasteiger charge is 1.95. The zero-order chi connectivity index (χ0) is 8.81. The van der Waals surface area contributed by atoms with E-state index >= 15 is 0 Å². The van der Waals surface area contributed by atoms with Crippen LogP contribution >= 0.6 is 23.6 Å². The van der Waals surface area contributed by atoms with E-state index in [1.54, 1.807) is 17.5 Å². The predicted molar refractivity (Wildman–Crippen MR) is 55.2 cm³/mol. The molecule has 0 aliphatic carbocycles. The number of aromatic nitrogens is 1. The van der Waals surface area contributed by atoms with Crippen LogP contribution in [0.3, 0.4) is 0 Å². The van der Waals surface area contributed by atoms with Crippen LogP contribution in [0, 0.1) is 0 Å². The second-order valence-corrected chi connectivity index (χ2v) is 3.53. The molecule has 1 heterocycles. The van der Waals surface area contributed by atoms with Gasteiger partial charge in [-0.3, -0.25) is 0 Å². The van der Waals surface area contributed by atoms with E-state index in [4.69, 9.17) is 12.2 Å². The van der Waals surface area contributed by atoms with Gasteiger partial charge in [-0.1, -0.05) is 0 Å². The SMILES string of the molecule is CCNC(=S)NCc1nccs1. The molecule has 0 fully saturated rings. The van der Waals surface area contributed by atoms with Crippen molar-refractivity contribution < 1.29 is 0 Å². The summed E-state index contributed by atoms with van der Waals surface area (Å²) >= 11 is 6.60. The van der Waals surface area contributed by atoms with Crippen molar-refractivity contribution in [3.63, 3.8) is 0 Å². The topological polar surface area (TPSA) is 37.0 Å². The van der Waals surface area contributed by atoms with Gasteiger partial charge >= 0.3 is 0 Å². The van der Waals surface area contributed by atoms with Gasteiger partial charge in [-0.2, -0.15) is 0 Å². The molecule has 0 bridgehead atoms. The van der Waals surface area contributed by atoms with Crippen molar-refractivity contribution in [2.24, 2.45) is 0 Å². The highest BCUT2D eigenvalue weighted by Crippen LogP contribution is 2.01. The van der Waals surface area contributed by atoms with Crippen molar-refractivity contribution in [2.45, 2.75) is 13.5 Å². The number of thiazole rings is 1. The molecule has 0 aliphatic rings. The smallest absolute Gasteiger partial charge is 0.166 e. The Morgan fingerprint density at radius 2 is 2.50 bits per heavy atom. The van der Waals surface area contributed by atoms with E-state index in [0.29, 0.717) is 11.7 Å². The van der Waals surface area contributed by atoms with Gasteiger partial charge < -0.3 is 10.6 Å². The molecule has 0 aliphatic heterocycles. The van der Waals surface area contributed by atoms with Gasteiger partial charge in [0.05, 0.1) is 6.54 Å². The van der Waals surface area contributed by atoms with Crippen molar-refractivity contribution in [2.75, 3.05) is 6.54 Å². The lowest BCUT2D eigenvalue weighted by Gasteiger charge is -2.05. The first-order valence-corrected chi connectivity index (χ1v) is 5.01. The van der Waals surface area contributed by atoms with Gasteiger partial charge in [-0.25, -0.2) is 4.98 Å². The fraction of sp³-hybridized carbons (Fsp3) is 0.429. The van der Waals surface area contributed by atoms with Crippen molar-refractivity contribution in [1.82, 2.24) is 15.6 Å². The van der Waals surface area contributed by atoms with E-state index in [1.807, 2.05) is 12.3 Å². The van der Waals surface area contributed by atoms with Gasteiger partial charge in [0.25, 0.3) is 0 Å². The van der Waals surface area contributed by atoms with Crippen molar-refractivity contribution in [3.05, 3.63) is 16.6 Å². The van der Waals surface area contributed by atoms with Crippen molar-refractivity contribution in [1.29, 1.82) is 0 Å². The Bertz CT molecular complexity index is 233. The maximum Gasteiger partial charge on any atom is 0.166 e. The van der Waals surface area contributed by atoms with Gasteiger partial charge in [-0.05, 0) is 19.1 Å². The number of thiocarbonyl (C=S) groups is 1. The Labute approximate surface area is 81.2 Å². The molecule has 1 rings (SSSR count). The molecule has 1 aromatic rings. The minimum atomic E-state index is 0.688. The van der Waals surface area contributed by atoms with Crippen LogP contribution in [0.4, 0.5) is 0 Å². The monoisotopic (exact) mass is 201 g/mol. The van der Waals surface area contributed by atoms with Crippen LogP contribution in [0.5, 0.6) is 0 Å². The van der Waals surface area contributed by atoms with Gasteiger partial charge in [0.15, 0.2) is 5.11 Å². The summed E-state index contributed by atoms with van der Waals surface area (Å²) in [7, 11) is 0. The standard InChI is InChI=1S/C7H11N3S2/c1-2-8-7(11)10-5-6-9-3-4-12-6/h3-4H,2,5H2,1H3,(H2,8,10,11). The summed E-state index contributed by atoms with van der Waals surface area (Å²) in [5.74, 6) is 0. The number of rotatable bonds is 3. The van der Waals surface area contributed by atoms with Gasteiger partial charge in [0.2, 0.25) is 0 Å². The molecule has 66 valence electrons. The van der Waals surface area contributed by atoms with Crippen LogP contribution in [0.15, 0.2) is 11.6 Å². The normalized spacial score (nSPS) is 9.42. The predicted octanol–water partition coefficient (Wildman–Crippen LogP) is 1.13. The molecule has 0 radical (unpaired) electrons. The molecule has 0 unspecified atom stereocenters. The third kappa shape index (κ3) is 3.15. The van der Waals surface area contributed by atoms with E-state index in [0.717, 1.165) is 11.6 Å². The fourth-order valence-corrected chi connectivity index (χ4v) is 1.49. The molecule has 5 heteroatoms. The third-order valence-electron chi connectivity index (χ3n) is 1.22. The van der Waals surface area contributed by atoms with Crippen LogP contribution in [0.25, 0.3) is 0 Å². The van der Waals surface area contributed by atoms with Crippen LogP contribution in [-0.2, 0) is 6.54 Å². The second-order valence-electron chi connectivity index (χ2n) is 2.14. The zero-order valence-corrected chi connectivity index (χ0v) is 8.47. The molecule has 0 spiro atoms. The first-order chi connectivity index (χ1) is 5.83. The average molecular weight is 201 g/mol. The Morgan fingerprint density at radius 3 is 3.08 bits per heavy atom. The van der Waals surface area contributed by atoms with Crippen molar-refractivity contribution >= 4 is 28.7 Å². The number of nitrogens with one attached hydrogen (secondary N) is 2. The summed E-state index contributed by atoms with van der Waals surface area (Å²) in [5.41, 5.74) is 0. The van der Waals surface area contributed by atoms with Gasteiger partial charge in [-0.15, -0.1) is 11.3 Å². The molecular weight excluding hydrogens is 190 g/mol. The lowest BCUT2D eigenvalue weighted by molar-refractivity contribution is 0.848. The summed E-state index contributed by atoms with van der Waals surface area (Å²) in [6, 6.07) is 0. The summed E-state index contributed by atoms with van der Waals surface area (Å²) in [6.45, 7) is 3.57. The summed E-state index contributed by atoms with van der Waals surface area (Å²) < 4.78 is 0. The van der Waals surface area contributed by atoms with Gasteiger partial charge in [0.1, 0.15) is 5.01 Å². The number of hydrogen-bond acceptors (Lipinski definition) is 3. The minimum absolute atomic E-state index is 0.688. The lowest BCUT2D eigenvalue weighted by Crippen LogP contribution is -2.34. The second kappa shape index (κ2) is 5.05. The van der Waals surface area contributed by atoms with E-state index in [9.17, 15) is 0 Å². The van der Waals surface area contributed by atoms with Crippen LogP contribution in [0.2, 0.25) is 0 Å². The molecule has 0 amide bonds. The summed E-state index contributed by atoms with van der Waals surface area (Å²) in [6.07, 6.45) is 1.79. The number of nitrogens with zero attached hydrogens (tertiary/aromatic N) is 1. The Balaban J connectivity index is 2.22. The molecule has 0 saturated heterocycles. The Morgan fingerprint density at radius 1 is 1.67 bits per heavy atom.